The van der Waals surface area contributed by atoms with E-state index < -0.39 is 0 Å². The minimum absolute atomic E-state index is 0.0137. The number of nitrogens with one attached hydrogen (secondary N) is 1. The maximum Gasteiger partial charge on any atom is 0.284 e. The van der Waals surface area contributed by atoms with E-state index in [9.17, 15) is 9.90 Å². The van der Waals surface area contributed by atoms with Crippen molar-refractivity contribution in [3.63, 3.8) is 0 Å². The van der Waals surface area contributed by atoms with Crippen molar-refractivity contribution in [3.05, 3.63) is 65.8 Å². The van der Waals surface area contributed by atoms with Crippen molar-refractivity contribution in [1.82, 2.24) is 34.8 Å². The number of fused-ring (bicyclic) bond motifs is 1. The Kier molecular flexibility index (Phi) is 7.16. The number of rotatable bonds is 7. The van der Waals surface area contributed by atoms with Gasteiger partial charge in [0.2, 0.25) is 17.6 Å². The molecule has 0 radical (unpaired) electrons. The van der Waals surface area contributed by atoms with E-state index in [1.54, 1.807) is 17.1 Å². The largest absolute Gasteiger partial charge is 0.418 e. The van der Waals surface area contributed by atoms with Gasteiger partial charge in [-0.3, -0.25) is 14.4 Å². The summed E-state index contributed by atoms with van der Waals surface area (Å²) in [5.41, 5.74) is 4.60. The topological polar surface area (TPSA) is 135 Å². The average molecular weight is 557 g/mol. The Morgan fingerprint density at radius 3 is 2.73 bits per heavy atom. The van der Waals surface area contributed by atoms with Gasteiger partial charge in [0, 0.05) is 49.4 Å². The fourth-order valence-electron chi connectivity index (χ4n) is 5.60. The first-order chi connectivity index (χ1) is 19.6. The fraction of sp³-hybridized carbons (Fsp3) is 0.467. The van der Waals surface area contributed by atoms with Crippen LogP contribution in [0.25, 0.3) is 11.3 Å². The number of aliphatic hydroxyl groups excluding tert-OH is 1. The van der Waals surface area contributed by atoms with Crippen LogP contribution in [-0.2, 0) is 19.0 Å². The standard InChI is InChI=1S/C30H36N8O3/c1-30(2,3)28-36-35-27(41-28)26(40)12-18-8-10-38(22-13-23(39)14-22)16-20-11-19(5-6-24(18)20)25-7-9-31-29(34-25)33-21-15-32-37(4)17-21/h5-7,9,11,15,17-18,22-23,39H,8,10,12-14,16H2,1-4H3,(H,31,33,34)/t18-,22?,23?/m1/s1. The Labute approximate surface area is 239 Å². The Bertz CT molecular complexity index is 1550. The van der Waals surface area contributed by atoms with Gasteiger partial charge in [-0.1, -0.05) is 32.9 Å². The number of carbonyl (C=O) groups is 1. The van der Waals surface area contributed by atoms with Crippen molar-refractivity contribution in [2.45, 2.75) is 76.5 Å². The molecular weight excluding hydrogens is 520 g/mol. The van der Waals surface area contributed by atoms with Crippen molar-refractivity contribution in [2.75, 3.05) is 11.9 Å². The van der Waals surface area contributed by atoms with Gasteiger partial charge < -0.3 is 14.8 Å². The number of hydrogen-bond donors (Lipinski definition) is 2. The predicted octanol–water partition coefficient (Wildman–Crippen LogP) is 4.39. The van der Waals surface area contributed by atoms with Crippen LogP contribution < -0.4 is 5.32 Å². The van der Waals surface area contributed by atoms with Gasteiger partial charge in [0.1, 0.15) is 0 Å². The molecule has 0 spiro atoms. The Hall–Kier alpha value is -3.96. The molecule has 4 aromatic rings. The number of nitrogens with zero attached hydrogens (tertiary/aromatic N) is 7. The predicted molar refractivity (Wildman–Crippen MR) is 153 cm³/mol. The number of carbonyl (C=O) groups excluding carboxylic acids is 1. The molecule has 11 nitrogen and oxygen atoms in total. The van der Waals surface area contributed by atoms with E-state index in [2.05, 4.69) is 48.7 Å². The first-order valence-corrected chi connectivity index (χ1v) is 14.1. The molecule has 1 atom stereocenters. The molecule has 1 aliphatic heterocycles. The van der Waals surface area contributed by atoms with Crippen LogP contribution in [0.3, 0.4) is 0 Å². The number of aryl methyl sites for hydroxylation is 1. The zero-order valence-electron chi connectivity index (χ0n) is 23.9. The molecule has 0 saturated heterocycles. The molecule has 214 valence electrons. The van der Waals surface area contributed by atoms with Crippen molar-refractivity contribution in [3.8, 4) is 11.3 Å². The molecule has 1 aromatic carbocycles. The number of aromatic nitrogens is 6. The lowest BCUT2D eigenvalue weighted by Crippen LogP contribution is -2.46. The van der Waals surface area contributed by atoms with E-state index >= 15 is 0 Å². The summed E-state index contributed by atoms with van der Waals surface area (Å²) in [4.78, 5) is 24.9. The second-order valence-corrected chi connectivity index (χ2v) is 12.2. The minimum Gasteiger partial charge on any atom is -0.418 e. The summed E-state index contributed by atoms with van der Waals surface area (Å²) in [5, 5.41) is 25.6. The van der Waals surface area contributed by atoms with E-state index in [0.29, 0.717) is 24.3 Å². The van der Waals surface area contributed by atoms with Gasteiger partial charge in [-0.15, -0.1) is 10.2 Å². The van der Waals surface area contributed by atoms with Gasteiger partial charge in [0.15, 0.2) is 0 Å². The molecule has 6 rings (SSSR count). The monoisotopic (exact) mass is 556 g/mol. The van der Waals surface area contributed by atoms with Crippen LogP contribution in [0.5, 0.6) is 0 Å². The molecule has 0 bridgehead atoms. The summed E-state index contributed by atoms with van der Waals surface area (Å²) < 4.78 is 7.48. The van der Waals surface area contributed by atoms with E-state index in [0.717, 1.165) is 54.9 Å². The highest BCUT2D eigenvalue weighted by molar-refractivity contribution is 5.92. The normalized spacial score (nSPS) is 21.1. The molecule has 1 aliphatic carbocycles. The number of ketones is 1. The third kappa shape index (κ3) is 5.91. The van der Waals surface area contributed by atoms with Gasteiger partial charge in [-0.25, -0.2) is 9.97 Å². The molecule has 11 heteroatoms. The first-order valence-electron chi connectivity index (χ1n) is 14.1. The number of benzene rings is 1. The summed E-state index contributed by atoms with van der Waals surface area (Å²) in [6.45, 7) is 7.55. The van der Waals surface area contributed by atoms with Gasteiger partial charge in [0.05, 0.1) is 23.7 Å². The van der Waals surface area contributed by atoms with Gasteiger partial charge in [-0.05, 0) is 55.0 Å². The van der Waals surface area contributed by atoms with E-state index in [1.165, 1.54) is 5.56 Å². The zero-order valence-corrected chi connectivity index (χ0v) is 23.9. The maximum atomic E-state index is 13.3. The number of aliphatic hydroxyl groups is 1. The second-order valence-electron chi connectivity index (χ2n) is 12.2. The Morgan fingerprint density at radius 2 is 2.02 bits per heavy atom. The summed E-state index contributed by atoms with van der Waals surface area (Å²) in [6, 6.07) is 8.62. The third-order valence-electron chi connectivity index (χ3n) is 7.97. The van der Waals surface area contributed by atoms with Crippen molar-refractivity contribution < 1.29 is 14.3 Å². The SMILES string of the molecule is Cn1cc(Nc2nccc(-c3ccc4c(c3)CN(C3CC(O)C3)CC[C@@H]4CC(=O)c3nnc(C(C)(C)C)o3)n2)cn1. The molecule has 3 aromatic heterocycles. The van der Waals surface area contributed by atoms with E-state index in [4.69, 9.17) is 9.40 Å². The summed E-state index contributed by atoms with van der Waals surface area (Å²) in [6.07, 6.45) is 7.80. The van der Waals surface area contributed by atoms with Crippen LogP contribution in [0.1, 0.15) is 80.1 Å². The van der Waals surface area contributed by atoms with Crippen LogP contribution in [0.2, 0.25) is 0 Å². The molecule has 2 aliphatic rings. The molecule has 4 heterocycles. The van der Waals surface area contributed by atoms with Crippen molar-refractivity contribution in [2.24, 2.45) is 7.05 Å². The minimum atomic E-state index is -0.320. The fourth-order valence-corrected chi connectivity index (χ4v) is 5.60. The summed E-state index contributed by atoms with van der Waals surface area (Å²) >= 11 is 0. The molecule has 2 N–H and O–H groups in total. The van der Waals surface area contributed by atoms with E-state index in [-0.39, 0.29) is 29.1 Å². The van der Waals surface area contributed by atoms with Crippen LogP contribution in [0.15, 0.2) is 47.3 Å². The molecule has 1 fully saturated rings. The van der Waals surface area contributed by atoms with E-state index in [1.807, 2.05) is 40.1 Å². The summed E-state index contributed by atoms with van der Waals surface area (Å²) in [5.74, 6) is 0.907. The van der Waals surface area contributed by atoms with Crippen LogP contribution in [-0.4, -0.2) is 64.4 Å². The molecule has 0 amide bonds. The smallest absolute Gasteiger partial charge is 0.284 e. The van der Waals surface area contributed by atoms with Crippen LogP contribution in [0.4, 0.5) is 11.6 Å². The highest BCUT2D eigenvalue weighted by Gasteiger charge is 2.35. The van der Waals surface area contributed by atoms with Crippen molar-refractivity contribution >= 4 is 17.4 Å². The molecule has 0 unspecified atom stereocenters. The summed E-state index contributed by atoms with van der Waals surface area (Å²) in [7, 11) is 1.86. The Balaban J connectivity index is 1.28. The second kappa shape index (κ2) is 10.8. The van der Waals surface area contributed by atoms with Crippen molar-refractivity contribution in [1.29, 1.82) is 0 Å². The zero-order chi connectivity index (χ0) is 28.7. The lowest BCUT2D eigenvalue weighted by atomic mass is 9.87. The lowest BCUT2D eigenvalue weighted by molar-refractivity contribution is -0.00185. The van der Waals surface area contributed by atoms with Crippen LogP contribution in [0, 0.1) is 0 Å². The molecule has 41 heavy (non-hydrogen) atoms. The quantitative estimate of drug-likeness (QED) is 0.316. The highest BCUT2D eigenvalue weighted by atomic mass is 16.4. The van der Waals surface area contributed by atoms with Crippen LogP contribution >= 0.6 is 0 Å². The highest BCUT2D eigenvalue weighted by Crippen LogP contribution is 2.37. The lowest BCUT2D eigenvalue weighted by Gasteiger charge is -2.40. The molecular formula is C30H36N8O3. The average Bonchev–Trinajstić information content (AvgIpc) is 3.54. The number of anilines is 2. The number of hydrogen-bond acceptors (Lipinski definition) is 10. The van der Waals surface area contributed by atoms with Gasteiger partial charge in [-0.2, -0.15) is 5.10 Å². The molecule has 1 saturated carbocycles. The maximum absolute atomic E-state index is 13.3. The third-order valence-corrected chi connectivity index (χ3v) is 7.97. The first kappa shape index (κ1) is 27.2. The van der Waals surface area contributed by atoms with Gasteiger partial charge in [0.25, 0.3) is 5.89 Å². The van der Waals surface area contributed by atoms with Gasteiger partial charge >= 0.3 is 0 Å². The Morgan fingerprint density at radius 1 is 1.20 bits per heavy atom. The number of Topliss-reactive ketones (excluding diaryl/α,β-unsaturated/α-hetero) is 1.